The van der Waals surface area contributed by atoms with Crippen molar-refractivity contribution in [3.05, 3.63) is 108 Å². The molecule has 4 saturated carbocycles. The SMILES string of the molecule is c1ccc(-c2nc(-c3ccccc3)nc(-c3cccc4c3C3(c5ccncc5-4)C4CC5CC(C4)CC3C5)n2)cc1. The van der Waals surface area contributed by atoms with Crippen LogP contribution in [0.2, 0.25) is 0 Å². The summed E-state index contributed by atoms with van der Waals surface area (Å²) in [5, 5.41) is 0. The van der Waals surface area contributed by atoms with E-state index in [4.69, 9.17) is 15.0 Å². The summed E-state index contributed by atoms with van der Waals surface area (Å²) < 4.78 is 0. The van der Waals surface area contributed by atoms with Crippen molar-refractivity contribution in [1.29, 1.82) is 0 Å². The minimum Gasteiger partial charge on any atom is -0.264 e. The molecule has 3 aromatic carbocycles. The van der Waals surface area contributed by atoms with Crippen LogP contribution in [-0.4, -0.2) is 19.9 Å². The molecule has 0 radical (unpaired) electrons. The molecule has 5 aromatic rings. The van der Waals surface area contributed by atoms with E-state index in [1.807, 2.05) is 42.6 Å². The topological polar surface area (TPSA) is 51.6 Å². The highest BCUT2D eigenvalue weighted by atomic mass is 15.0. The molecule has 1 spiro atoms. The highest BCUT2D eigenvalue weighted by Gasteiger charge is 2.62. The van der Waals surface area contributed by atoms with E-state index in [9.17, 15) is 0 Å². The molecule has 5 aliphatic carbocycles. The predicted octanol–water partition coefficient (Wildman–Crippen LogP) is 7.99. The maximum Gasteiger partial charge on any atom is 0.164 e. The monoisotopic (exact) mass is 518 g/mol. The van der Waals surface area contributed by atoms with Gasteiger partial charge in [0.05, 0.1) is 0 Å². The lowest BCUT2D eigenvalue weighted by molar-refractivity contribution is -0.0397. The Labute approximate surface area is 234 Å². The van der Waals surface area contributed by atoms with Crippen LogP contribution in [0.15, 0.2) is 97.3 Å². The molecule has 10 rings (SSSR count). The first-order chi connectivity index (χ1) is 19.8. The minimum atomic E-state index is 0.0179. The van der Waals surface area contributed by atoms with E-state index >= 15 is 0 Å². The Morgan fingerprint density at radius 1 is 0.525 bits per heavy atom. The first kappa shape index (κ1) is 22.6. The summed E-state index contributed by atoms with van der Waals surface area (Å²) in [7, 11) is 0. The Morgan fingerprint density at radius 2 is 1.10 bits per heavy atom. The Morgan fingerprint density at radius 3 is 1.73 bits per heavy atom. The molecule has 5 aliphatic rings. The van der Waals surface area contributed by atoms with Gasteiger partial charge in [0.1, 0.15) is 0 Å². The molecular weight excluding hydrogens is 488 g/mol. The van der Waals surface area contributed by atoms with E-state index in [2.05, 4.69) is 59.7 Å². The van der Waals surface area contributed by atoms with Gasteiger partial charge in [-0.1, -0.05) is 78.9 Å². The van der Waals surface area contributed by atoms with E-state index in [0.717, 1.165) is 46.0 Å². The second-order valence-corrected chi connectivity index (χ2v) is 12.4. The maximum absolute atomic E-state index is 5.20. The molecule has 4 bridgehead atoms. The molecule has 4 heteroatoms. The number of fused-ring (bicyclic) bond motifs is 3. The van der Waals surface area contributed by atoms with Crippen molar-refractivity contribution in [3.63, 3.8) is 0 Å². The molecule has 2 heterocycles. The third-order valence-corrected chi connectivity index (χ3v) is 10.4. The third-order valence-electron chi connectivity index (χ3n) is 10.4. The number of benzene rings is 3. The zero-order valence-electron chi connectivity index (χ0n) is 22.4. The van der Waals surface area contributed by atoms with Crippen LogP contribution in [0.4, 0.5) is 0 Å². The van der Waals surface area contributed by atoms with Crippen molar-refractivity contribution in [2.45, 2.75) is 37.5 Å². The van der Waals surface area contributed by atoms with Crippen LogP contribution >= 0.6 is 0 Å². The summed E-state index contributed by atoms with van der Waals surface area (Å²) in [4.78, 5) is 20.0. The van der Waals surface area contributed by atoms with Crippen LogP contribution in [0.5, 0.6) is 0 Å². The highest BCUT2D eigenvalue weighted by molar-refractivity contribution is 5.88. The van der Waals surface area contributed by atoms with Gasteiger partial charge in [0.25, 0.3) is 0 Å². The fourth-order valence-corrected chi connectivity index (χ4v) is 9.22. The highest BCUT2D eigenvalue weighted by Crippen LogP contribution is 2.70. The Balaban J connectivity index is 1.32. The second kappa shape index (κ2) is 8.41. The summed E-state index contributed by atoms with van der Waals surface area (Å²) in [5.74, 6) is 5.32. The van der Waals surface area contributed by atoms with Crippen molar-refractivity contribution in [3.8, 4) is 45.3 Å². The van der Waals surface area contributed by atoms with Crippen molar-refractivity contribution < 1.29 is 0 Å². The molecule has 0 saturated heterocycles. The lowest BCUT2D eigenvalue weighted by Gasteiger charge is -2.61. The number of aromatic nitrogens is 4. The summed E-state index contributed by atoms with van der Waals surface area (Å²) in [5.41, 5.74) is 8.79. The van der Waals surface area contributed by atoms with Crippen molar-refractivity contribution >= 4 is 0 Å². The fraction of sp³-hybridized carbons (Fsp3) is 0.278. The molecular formula is C36H30N4. The van der Waals surface area contributed by atoms with Gasteiger partial charge >= 0.3 is 0 Å². The van der Waals surface area contributed by atoms with Gasteiger partial charge in [0.2, 0.25) is 0 Å². The number of nitrogens with zero attached hydrogens (tertiary/aromatic N) is 4. The zero-order valence-corrected chi connectivity index (χ0v) is 22.4. The van der Waals surface area contributed by atoms with Crippen LogP contribution in [0.1, 0.15) is 43.2 Å². The van der Waals surface area contributed by atoms with E-state index in [0.29, 0.717) is 11.8 Å². The molecule has 2 aromatic heterocycles. The Hall–Kier alpha value is -4.18. The lowest BCUT2D eigenvalue weighted by atomic mass is 9.43. The molecule has 0 amide bonds. The molecule has 40 heavy (non-hydrogen) atoms. The first-order valence-electron chi connectivity index (χ1n) is 14.7. The summed E-state index contributed by atoms with van der Waals surface area (Å²) >= 11 is 0. The normalized spacial score (nSPS) is 27.1. The van der Waals surface area contributed by atoms with Gasteiger partial charge in [-0.2, -0.15) is 0 Å². The van der Waals surface area contributed by atoms with Crippen LogP contribution < -0.4 is 0 Å². The van der Waals surface area contributed by atoms with Crippen LogP contribution in [0.25, 0.3) is 45.3 Å². The van der Waals surface area contributed by atoms with Gasteiger partial charge in [-0.05, 0) is 78.5 Å². The van der Waals surface area contributed by atoms with Gasteiger partial charge in [-0.15, -0.1) is 0 Å². The quantitative estimate of drug-likeness (QED) is 0.243. The zero-order chi connectivity index (χ0) is 26.3. The van der Waals surface area contributed by atoms with Crippen molar-refractivity contribution in [2.24, 2.45) is 23.7 Å². The lowest BCUT2D eigenvalue weighted by Crippen LogP contribution is -2.55. The molecule has 194 valence electrons. The first-order valence-corrected chi connectivity index (χ1v) is 14.7. The number of pyridine rings is 1. The summed E-state index contributed by atoms with van der Waals surface area (Å²) in [6, 6.07) is 29.7. The van der Waals surface area contributed by atoms with E-state index in [1.165, 1.54) is 54.4 Å². The van der Waals surface area contributed by atoms with Gasteiger partial charge in [0.15, 0.2) is 17.5 Å². The maximum atomic E-state index is 5.20. The van der Waals surface area contributed by atoms with Crippen molar-refractivity contribution in [2.75, 3.05) is 0 Å². The molecule has 0 N–H and O–H groups in total. The van der Waals surface area contributed by atoms with Gasteiger partial charge in [0, 0.05) is 40.1 Å². The number of hydrogen-bond donors (Lipinski definition) is 0. The van der Waals surface area contributed by atoms with E-state index in [1.54, 1.807) is 0 Å². The van der Waals surface area contributed by atoms with Crippen LogP contribution in [0, 0.1) is 23.7 Å². The van der Waals surface area contributed by atoms with Gasteiger partial charge in [-0.25, -0.2) is 15.0 Å². The van der Waals surface area contributed by atoms with Gasteiger partial charge < -0.3 is 0 Å². The average molecular weight is 519 g/mol. The minimum absolute atomic E-state index is 0.0179. The second-order valence-electron chi connectivity index (χ2n) is 12.4. The number of rotatable bonds is 3. The van der Waals surface area contributed by atoms with Crippen LogP contribution in [0.3, 0.4) is 0 Å². The third kappa shape index (κ3) is 3.08. The van der Waals surface area contributed by atoms with Crippen LogP contribution in [-0.2, 0) is 5.41 Å². The average Bonchev–Trinajstić information content (AvgIpc) is 3.31. The molecule has 0 atom stereocenters. The Bertz CT molecular complexity index is 1680. The van der Waals surface area contributed by atoms with E-state index in [-0.39, 0.29) is 5.41 Å². The smallest absolute Gasteiger partial charge is 0.164 e. The molecule has 4 nitrogen and oxygen atoms in total. The molecule has 0 unspecified atom stereocenters. The summed E-state index contributed by atoms with van der Waals surface area (Å²) in [6.45, 7) is 0. The van der Waals surface area contributed by atoms with Crippen molar-refractivity contribution in [1.82, 2.24) is 19.9 Å². The standard InChI is InChI=1S/C36H30N4/c1-3-8-24(9-4-1)33-38-34(25-10-5-2-6-11-25)40-35(39-33)29-13-7-12-28-30-21-37-15-14-31(30)36(32(28)29)26-17-22-16-23(19-26)20-27(36)18-22/h1-15,21-23,26-27H,16-20H2. The summed E-state index contributed by atoms with van der Waals surface area (Å²) in [6.07, 6.45) is 10.9. The number of hydrogen-bond acceptors (Lipinski definition) is 4. The molecule has 4 fully saturated rings. The largest absolute Gasteiger partial charge is 0.264 e. The fourth-order valence-electron chi connectivity index (χ4n) is 9.22. The van der Waals surface area contributed by atoms with E-state index < -0.39 is 0 Å². The Kier molecular flexibility index (Phi) is 4.75. The predicted molar refractivity (Wildman–Crippen MR) is 157 cm³/mol. The van der Waals surface area contributed by atoms with Gasteiger partial charge in [-0.3, -0.25) is 4.98 Å². The molecule has 0 aliphatic heterocycles.